The smallest absolute Gasteiger partial charge is 0.248 e. The van der Waals surface area contributed by atoms with Gasteiger partial charge in [-0.15, -0.1) is 5.10 Å². The minimum atomic E-state index is -0.268. The largest absolute Gasteiger partial charge is 0.332 e. The van der Waals surface area contributed by atoms with E-state index in [2.05, 4.69) is 20.7 Å². The Bertz CT molecular complexity index is 1100. The molecular weight excluding hydrogens is 361 g/mol. The van der Waals surface area contributed by atoms with Crippen LogP contribution in [0.15, 0.2) is 73.1 Å². The van der Waals surface area contributed by atoms with E-state index >= 15 is 0 Å². The molecule has 0 aliphatic carbocycles. The lowest BCUT2D eigenvalue weighted by molar-refractivity contribution is 0.585. The number of hydrogen-bond donors (Lipinski definition) is 2. The Kier molecular flexibility index (Phi) is 4.76. The van der Waals surface area contributed by atoms with E-state index in [1.165, 1.54) is 12.4 Å². The van der Waals surface area contributed by atoms with Crippen molar-refractivity contribution in [2.24, 2.45) is 0 Å². The van der Waals surface area contributed by atoms with Gasteiger partial charge < -0.3 is 5.32 Å². The number of benzene rings is 3. The molecular formula is C20H16FN5S. The maximum atomic E-state index is 13.8. The zero-order chi connectivity index (χ0) is 18.6. The van der Waals surface area contributed by atoms with E-state index in [0.29, 0.717) is 23.2 Å². The van der Waals surface area contributed by atoms with Crippen molar-refractivity contribution in [2.45, 2.75) is 6.54 Å². The first kappa shape index (κ1) is 17.1. The number of aromatic nitrogens is 3. The molecule has 0 saturated heterocycles. The standard InChI is InChI=1S/C20H16FN5S/c21-17-10-4-2-7-15(17)12-26-13-22-19(25-26)24-20(27)23-18-11-5-8-14-6-1-3-9-16(14)18/h1-11,13H,12H2,(H2,23,24,25,27). The maximum absolute atomic E-state index is 13.8. The lowest BCUT2D eigenvalue weighted by Gasteiger charge is -2.10. The summed E-state index contributed by atoms with van der Waals surface area (Å²) in [4.78, 5) is 4.18. The summed E-state index contributed by atoms with van der Waals surface area (Å²) in [6.07, 6.45) is 1.54. The van der Waals surface area contributed by atoms with Crippen LogP contribution in [-0.4, -0.2) is 19.9 Å². The summed E-state index contributed by atoms with van der Waals surface area (Å²) < 4.78 is 15.3. The van der Waals surface area contributed by atoms with Crippen LogP contribution in [0.5, 0.6) is 0 Å². The average molecular weight is 377 g/mol. The van der Waals surface area contributed by atoms with Gasteiger partial charge in [-0.3, -0.25) is 5.32 Å². The van der Waals surface area contributed by atoms with Gasteiger partial charge in [0, 0.05) is 16.6 Å². The number of nitrogens with one attached hydrogen (secondary N) is 2. The third-order valence-corrected chi connectivity index (χ3v) is 4.29. The second kappa shape index (κ2) is 7.51. The van der Waals surface area contributed by atoms with Crippen LogP contribution in [0, 0.1) is 5.82 Å². The first-order valence-corrected chi connectivity index (χ1v) is 8.78. The molecule has 1 aromatic heterocycles. The number of hydrogen-bond acceptors (Lipinski definition) is 3. The zero-order valence-electron chi connectivity index (χ0n) is 14.3. The second-order valence-electron chi connectivity index (χ2n) is 5.96. The van der Waals surface area contributed by atoms with Gasteiger partial charge in [-0.25, -0.2) is 14.1 Å². The Labute approximate surface area is 160 Å². The van der Waals surface area contributed by atoms with Crippen molar-refractivity contribution in [3.63, 3.8) is 0 Å². The van der Waals surface area contributed by atoms with Gasteiger partial charge >= 0.3 is 0 Å². The third-order valence-electron chi connectivity index (χ3n) is 4.09. The molecule has 4 aromatic rings. The van der Waals surface area contributed by atoms with Crippen LogP contribution in [0.4, 0.5) is 16.0 Å². The molecule has 0 fully saturated rings. The lowest BCUT2D eigenvalue weighted by atomic mass is 10.1. The van der Waals surface area contributed by atoms with E-state index in [9.17, 15) is 4.39 Å². The Morgan fingerprint density at radius 2 is 1.74 bits per heavy atom. The predicted octanol–water partition coefficient (Wildman–Crippen LogP) is 4.43. The minimum Gasteiger partial charge on any atom is -0.332 e. The van der Waals surface area contributed by atoms with Crippen molar-refractivity contribution in [2.75, 3.05) is 10.6 Å². The van der Waals surface area contributed by atoms with Crippen molar-refractivity contribution >= 4 is 39.7 Å². The minimum absolute atomic E-state index is 0.268. The molecule has 134 valence electrons. The summed E-state index contributed by atoms with van der Waals surface area (Å²) in [7, 11) is 0. The van der Waals surface area contributed by atoms with E-state index < -0.39 is 0 Å². The number of fused-ring (bicyclic) bond motifs is 1. The summed E-state index contributed by atoms with van der Waals surface area (Å²) in [6, 6.07) is 20.6. The fourth-order valence-electron chi connectivity index (χ4n) is 2.82. The van der Waals surface area contributed by atoms with Gasteiger partial charge in [0.25, 0.3) is 0 Å². The molecule has 27 heavy (non-hydrogen) atoms. The highest BCUT2D eigenvalue weighted by Gasteiger charge is 2.08. The fraction of sp³-hybridized carbons (Fsp3) is 0.0500. The average Bonchev–Trinajstić information content (AvgIpc) is 3.11. The van der Waals surface area contributed by atoms with Gasteiger partial charge in [-0.2, -0.15) is 0 Å². The summed E-state index contributed by atoms with van der Waals surface area (Å²) >= 11 is 5.37. The Balaban J connectivity index is 1.44. The molecule has 7 heteroatoms. The van der Waals surface area contributed by atoms with E-state index in [-0.39, 0.29) is 5.82 Å². The number of halogens is 1. The first-order valence-electron chi connectivity index (χ1n) is 8.38. The molecule has 5 nitrogen and oxygen atoms in total. The Morgan fingerprint density at radius 1 is 0.963 bits per heavy atom. The maximum Gasteiger partial charge on any atom is 0.248 e. The van der Waals surface area contributed by atoms with Crippen molar-refractivity contribution in [1.29, 1.82) is 0 Å². The van der Waals surface area contributed by atoms with Crippen LogP contribution < -0.4 is 10.6 Å². The monoisotopic (exact) mass is 377 g/mol. The Morgan fingerprint density at radius 3 is 2.63 bits per heavy atom. The molecule has 0 saturated carbocycles. The molecule has 0 amide bonds. The molecule has 0 spiro atoms. The highest BCUT2D eigenvalue weighted by Crippen LogP contribution is 2.23. The molecule has 0 radical (unpaired) electrons. The van der Waals surface area contributed by atoms with Crippen LogP contribution in [-0.2, 0) is 6.54 Å². The summed E-state index contributed by atoms with van der Waals surface area (Å²) in [5.74, 6) is 0.0831. The SMILES string of the molecule is Fc1ccccc1Cn1cnc(NC(=S)Nc2cccc3ccccc23)n1. The van der Waals surface area contributed by atoms with E-state index in [0.717, 1.165) is 16.5 Å². The van der Waals surface area contributed by atoms with Gasteiger partial charge in [0.1, 0.15) is 12.1 Å². The molecule has 0 bridgehead atoms. The van der Waals surface area contributed by atoms with Crippen molar-refractivity contribution in [3.8, 4) is 0 Å². The topological polar surface area (TPSA) is 54.8 Å². The van der Waals surface area contributed by atoms with E-state index in [1.807, 2.05) is 42.5 Å². The number of anilines is 2. The van der Waals surface area contributed by atoms with Crippen LogP contribution in [0.3, 0.4) is 0 Å². The van der Waals surface area contributed by atoms with Crippen LogP contribution in [0.1, 0.15) is 5.56 Å². The van der Waals surface area contributed by atoms with Gasteiger partial charge in [-0.1, -0.05) is 54.6 Å². The lowest BCUT2D eigenvalue weighted by Crippen LogP contribution is -2.20. The highest BCUT2D eigenvalue weighted by atomic mass is 32.1. The summed E-state index contributed by atoms with van der Waals surface area (Å²) in [6.45, 7) is 0.296. The zero-order valence-corrected chi connectivity index (χ0v) is 15.1. The number of rotatable bonds is 4. The van der Waals surface area contributed by atoms with Gasteiger partial charge in [0.05, 0.1) is 6.54 Å². The van der Waals surface area contributed by atoms with Crippen molar-refractivity contribution in [1.82, 2.24) is 14.8 Å². The van der Waals surface area contributed by atoms with Gasteiger partial charge in [-0.05, 0) is 29.7 Å². The van der Waals surface area contributed by atoms with Gasteiger partial charge in [0.2, 0.25) is 5.95 Å². The summed E-state index contributed by atoms with van der Waals surface area (Å²) in [5, 5.41) is 13.0. The van der Waals surface area contributed by atoms with E-state index in [1.54, 1.807) is 22.9 Å². The van der Waals surface area contributed by atoms with Gasteiger partial charge in [0.15, 0.2) is 5.11 Å². The van der Waals surface area contributed by atoms with E-state index in [4.69, 9.17) is 12.2 Å². The molecule has 0 atom stereocenters. The van der Waals surface area contributed by atoms with Crippen molar-refractivity contribution < 1.29 is 4.39 Å². The van der Waals surface area contributed by atoms with Crippen LogP contribution in [0.25, 0.3) is 10.8 Å². The third kappa shape index (κ3) is 3.93. The van der Waals surface area contributed by atoms with Crippen LogP contribution >= 0.6 is 12.2 Å². The molecule has 0 unspecified atom stereocenters. The number of nitrogens with zero attached hydrogens (tertiary/aromatic N) is 3. The fourth-order valence-corrected chi connectivity index (χ4v) is 3.02. The Hall–Kier alpha value is -3.32. The van der Waals surface area contributed by atoms with Crippen LogP contribution in [0.2, 0.25) is 0 Å². The molecule has 0 aliphatic heterocycles. The van der Waals surface area contributed by atoms with Crippen molar-refractivity contribution in [3.05, 3.63) is 84.4 Å². The predicted molar refractivity (Wildman–Crippen MR) is 109 cm³/mol. The first-order chi connectivity index (χ1) is 13.2. The quantitative estimate of drug-likeness (QED) is 0.516. The molecule has 3 aromatic carbocycles. The normalized spacial score (nSPS) is 10.7. The highest BCUT2D eigenvalue weighted by molar-refractivity contribution is 7.80. The molecule has 1 heterocycles. The second-order valence-corrected chi connectivity index (χ2v) is 6.37. The molecule has 2 N–H and O–H groups in total. The molecule has 0 aliphatic rings. The number of thiocarbonyl (C=S) groups is 1. The molecule has 4 rings (SSSR count). The summed E-state index contributed by atoms with van der Waals surface area (Å²) in [5.41, 5.74) is 1.45.